The molecule has 0 amide bonds. The van der Waals surface area contributed by atoms with Crippen molar-refractivity contribution < 1.29 is 9.26 Å². The molecule has 1 atom stereocenters. The minimum atomic E-state index is 0.324. The summed E-state index contributed by atoms with van der Waals surface area (Å²) in [7, 11) is 0. The molecule has 94 valence electrons. The molecule has 1 aliphatic heterocycles. The van der Waals surface area contributed by atoms with Crippen molar-refractivity contribution in [1.29, 1.82) is 0 Å². The van der Waals surface area contributed by atoms with Crippen LogP contribution in [-0.2, 0) is 0 Å². The van der Waals surface area contributed by atoms with Crippen LogP contribution in [0.3, 0.4) is 0 Å². The van der Waals surface area contributed by atoms with Gasteiger partial charge in [-0.05, 0) is 29.9 Å². The van der Waals surface area contributed by atoms with Gasteiger partial charge in [0.05, 0.1) is 11.8 Å². The summed E-state index contributed by atoms with van der Waals surface area (Å²) in [5.41, 5.74) is 7.49. The summed E-state index contributed by atoms with van der Waals surface area (Å²) in [6.07, 6.45) is 3.06. The molecule has 18 heavy (non-hydrogen) atoms. The van der Waals surface area contributed by atoms with Crippen molar-refractivity contribution in [1.82, 2.24) is 5.16 Å². The average molecular weight is 262 g/mol. The normalized spacial score (nSPS) is 19.0. The first-order valence-corrected chi connectivity index (χ1v) is 7.03. The maximum atomic E-state index is 5.94. The van der Waals surface area contributed by atoms with E-state index in [-0.39, 0.29) is 0 Å². The van der Waals surface area contributed by atoms with Gasteiger partial charge in [0.2, 0.25) is 5.88 Å². The van der Waals surface area contributed by atoms with Crippen LogP contribution in [0.5, 0.6) is 5.75 Å². The maximum Gasteiger partial charge on any atom is 0.229 e. The molecule has 4 nitrogen and oxygen atoms in total. The number of thioether (sulfide) groups is 1. The molecule has 2 N–H and O–H groups in total. The maximum absolute atomic E-state index is 5.94. The average Bonchev–Trinajstić information content (AvgIpc) is 3.01. The minimum Gasteiger partial charge on any atom is -0.490 e. The highest BCUT2D eigenvalue weighted by Crippen LogP contribution is 2.30. The lowest BCUT2D eigenvalue weighted by Crippen LogP contribution is -2.14. The summed E-state index contributed by atoms with van der Waals surface area (Å²) >= 11 is 1.94. The molecule has 1 aromatic carbocycles. The Kier molecular flexibility index (Phi) is 3.15. The number of nitrogen functional groups attached to an aromatic ring is 1. The first kappa shape index (κ1) is 11.5. The minimum absolute atomic E-state index is 0.324. The summed E-state index contributed by atoms with van der Waals surface area (Å²) in [6.45, 7) is 0. The molecule has 1 fully saturated rings. The third kappa shape index (κ3) is 2.31. The van der Waals surface area contributed by atoms with E-state index in [0.29, 0.717) is 12.0 Å². The van der Waals surface area contributed by atoms with Gasteiger partial charge in [0.1, 0.15) is 11.9 Å². The smallest absolute Gasteiger partial charge is 0.229 e. The Morgan fingerprint density at radius 2 is 2.39 bits per heavy atom. The van der Waals surface area contributed by atoms with Crippen LogP contribution >= 0.6 is 11.8 Å². The summed E-state index contributed by atoms with van der Waals surface area (Å²) in [4.78, 5) is 0. The molecule has 0 aliphatic carbocycles. The van der Waals surface area contributed by atoms with Gasteiger partial charge < -0.3 is 15.0 Å². The lowest BCUT2D eigenvalue weighted by atomic mass is 10.1. The van der Waals surface area contributed by atoms with Crippen molar-refractivity contribution in [2.75, 3.05) is 17.2 Å². The van der Waals surface area contributed by atoms with Crippen molar-refractivity contribution in [3.05, 3.63) is 30.5 Å². The number of rotatable bonds is 3. The van der Waals surface area contributed by atoms with Crippen LogP contribution in [0.1, 0.15) is 6.42 Å². The number of hydrogen-bond donors (Lipinski definition) is 1. The van der Waals surface area contributed by atoms with E-state index in [2.05, 4.69) is 5.16 Å². The molecule has 0 saturated carbocycles. The Morgan fingerprint density at radius 3 is 3.11 bits per heavy atom. The Balaban J connectivity index is 1.82. The molecule has 1 aromatic heterocycles. The van der Waals surface area contributed by atoms with Gasteiger partial charge in [-0.3, -0.25) is 0 Å². The van der Waals surface area contributed by atoms with Crippen molar-refractivity contribution >= 4 is 17.6 Å². The molecule has 5 heteroatoms. The first-order chi connectivity index (χ1) is 8.83. The quantitative estimate of drug-likeness (QED) is 0.921. The predicted octanol–water partition coefficient (Wildman–Crippen LogP) is 2.81. The molecule has 1 saturated heterocycles. The number of anilines is 1. The molecule has 0 radical (unpaired) electrons. The molecule has 3 rings (SSSR count). The Labute approximate surface area is 109 Å². The fraction of sp³-hybridized carbons (Fsp3) is 0.308. The van der Waals surface area contributed by atoms with Gasteiger partial charge in [0, 0.05) is 5.75 Å². The Hall–Kier alpha value is -1.62. The largest absolute Gasteiger partial charge is 0.490 e. The number of nitrogens with zero attached hydrogens (tertiary/aromatic N) is 1. The second kappa shape index (κ2) is 4.94. The van der Waals surface area contributed by atoms with Gasteiger partial charge in [-0.25, -0.2) is 0 Å². The van der Waals surface area contributed by atoms with E-state index < -0.39 is 0 Å². The van der Waals surface area contributed by atoms with E-state index in [0.717, 1.165) is 29.1 Å². The second-order valence-electron chi connectivity index (χ2n) is 4.24. The van der Waals surface area contributed by atoms with Crippen molar-refractivity contribution in [2.24, 2.45) is 0 Å². The lowest BCUT2D eigenvalue weighted by molar-refractivity contribution is 0.229. The zero-order valence-corrected chi connectivity index (χ0v) is 10.7. The molecule has 2 heterocycles. The van der Waals surface area contributed by atoms with Gasteiger partial charge in [-0.2, -0.15) is 11.8 Å². The molecule has 0 bridgehead atoms. The van der Waals surface area contributed by atoms with Gasteiger partial charge >= 0.3 is 0 Å². The van der Waals surface area contributed by atoms with Gasteiger partial charge in [0.15, 0.2) is 0 Å². The molecular formula is C13H14N2O2S. The number of aromatic nitrogens is 1. The van der Waals surface area contributed by atoms with E-state index in [1.54, 1.807) is 6.20 Å². The Bertz CT molecular complexity index is 535. The third-order valence-electron chi connectivity index (χ3n) is 2.93. The van der Waals surface area contributed by atoms with Crippen molar-refractivity contribution in [3.63, 3.8) is 0 Å². The number of benzene rings is 1. The van der Waals surface area contributed by atoms with Crippen LogP contribution in [-0.4, -0.2) is 22.8 Å². The van der Waals surface area contributed by atoms with Gasteiger partial charge in [-0.1, -0.05) is 17.3 Å². The second-order valence-corrected chi connectivity index (χ2v) is 5.38. The van der Waals surface area contributed by atoms with E-state index in [1.807, 2.05) is 36.0 Å². The SMILES string of the molecule is Nc1oncc1-c1cccc(OC2CCSC2)c1. The summed E-state index contributed by atoms with van der Waals surface area (Å²) < 4.78 is 10.8. The van der Waals surface area contributed by atoms with Crippen molar-refractivity contribution in [3.8, 4) is 16.9 Å². The van der Waals surface area contributed by atoms with Crippen LogP contribution in [0.15, 0.2) is 35.0 Å². The third-order valence-corrected chi connectivity index (χ3v) is 4.07. The zero-order valence-electron chi connectivity index (χ0n) is 9.83. The van der Waals surface area contributed by atoms with E-state index in [9.17, 15) is 0 Å². The predicted molar refractivity (Wildman–Crippen MR) is 72.7 cm³/mol. The zero-order chi connectivity index (χ0) is 12.4. The fourth-order valence-electron chi connectivity index (χ4n) is 2.00. The summed E-state index contributed by atoms with van der Waals surface area (Å²) in [6, 6.07) is 7.88. The van der Waals surface area contributed by atoms with Gasteiger partial charge in [-0.15, -0.1) is 0 Å². The summed E-state index contributed by atoms with van der Waals surface area (Å²) in [5, 5.41) is 3.69. The van der Waals surface area contributed by atoms with Crippen LogP contribution in [0.2, 0.25) is 0 Å². The highest BCUT2D eigenvalue weighted by molar-refractivity contribution is 7.99. The number of hydrogen-bond acceptors (Lipinski definition) is 5. The molecule has 0 spiro atoms. The van der Waals surface area contributed by atoms with Gasteiger partial charge in [0.25, 0.3) is 0 Å². The highest BCUT2D eigenvalue weighted by atomic mass is 32.2. The monoisotopic (exact) mass is 262 g/mol. The van der Waals surface area contributed by atoms with Crippen LogP contribution in [0, 0.1) is 0 Å². The number of nitrogens with two attached hydrogens (primary N) is 1. The fourth-order valence-corrected chi connectivity index (χ4v) is 3.09. The summed E-state index contributed by atoms with van der Waals surface area (Å²) in [5.74, 6) is 3.46. The topological polar surface area (TPSA) is 61.3 Å². The first-order valence-electron chi connectivity index (χ1n) is 5.88. The lowest BCUT2D eigenvalue weighted by Gasteiger charge is -2.12. The standard InChI is InChI=1S/C13H14N2O2S/c14-13-12(7-15-17-13)9-2-1-3-10(6-9)16-11-4-5-18-8-11/h1-3,6-7,11H,4-5,8,14H2. The van der Waals surface area contributed by atoms with Crippen LogP contribution < -0.4 is 10.5 Å². The van der Waals surface area contributed by atoms with E-state index in [4.69, 9.17) is 15.0 Å². The molecule has 1 unspecified atom stereocenters. The Morgan fingerprint density at radius 1 is 1.44 bits per heavy atom. The van der Waals surface area contributed by atoms with Crippen molar-refractivity contribution in [2.45, 2.75) is 12.5 Å². The van der Waals surface area contributed by atoms with Crippen LogP contribution in [0.25, 0.3) is 11.1 Å². The molecular weight excluding hydrogens is 248 g/mol. The highest BCUT2D eigenvalue weighted by Gasteiger charge is 2.17. The number of ether oxygens (including phenoxy) is 1. The van der Waals surface area contributed by atoms with Crippen LogP contribution in [0.4, 0.5) is 5.88 Å². The van der Waals surface area contributed by atoms with E-state index in [1.165, 1.54) is 5.75 Å². The molecule has 2 aromatic rings. The molecule has 1 aliphatic rings. The van der Waals surface area contributed by atoms with E-state index >= 15 is 0 Å².